The van der Waals surface area contributed by atoms with Gasteiger partial charge in [0.1, 0.15) is 18.0 Å². The van der Waals surface area contributed by atoms with Gasteiger partial charge in [0.2, 0.25) is 0 Å². The highest BCUT2D eigenvalue weighted by atomic mass is 16.6. The lowest BCUT2D eigenvalue weighted by Gasteiger charge is -2.14. The molecule has 8 nitrogen and oxygen atoms in total. The summed E-state index contributed by atoms with van der Waals surface area (Å²) in [6.45, 7) is 0.491. The number of nitrogens with two attached hydrogens (primary N) is 1. The summed E-state index contributed by atoms with van der Waals surface area (Å²) < 4.78 is 10.6. The van der Waals surface area contributed by atoms with Crippen LogP contribution in [-0.4, -0.2) is 31.3 Å². The van der Waals surface area contributed by atoms with Crippen molar-refractivity contribution in [2.45, 2.75) is 12.3 Å². The van der Waals surface area contributed by atoms with Crippen molar-refractivity contribution < 1.29 is 19.2 Å². The van der Waals surface area contributed by atoms with Crippen LogP contribution in [0.25, 0.3) is 11.1 Å². The molecule has 4 rings (SSSR count). The Labute approximate surface area is 196 Å². The molecule has 172 valence electrons. The van der Waals surface area contributed by atoms with E-state index in [1.165, 1.54) is 30.4 Å². The lowest BCUT2D eigenvalue weighted by atomic mass is 9.98. The van der Waals surface area contributed by atoms with Crippen LogP contribution in [0.5, 0.6) is 5.75 Å². The molecular weight excluding hydrogens is 434 g/mol. The van der Waals surface area contributed by atoms with Gasteiger partial charge in [-0.15, -0.1) is 0 Å². The Morgan fingerprint density at radius 3 is 2.38 bits per heavy atom. The Kier molecular flexibility index (Phi) is 6.64. The Morgan fingerprint density at radius 2 is 1.76 bits per heavy atom. The third-order valence-electron chi connectivity index (χ3n) is 5.65. The number of carbonyl (C=O) groups excluding carboxylic acids is 1. The summed E-state index contributed by atoms with van der Waals surface area (Å²) in [5.74, 6) is 5.95. The van der Waals surface area contributed by atoms with E-state index >= 15 is 0 Å². The van der Waals surface area contributed by atoms with Crippen LogP contribution in [0, 0.1) is 22.0 Å². The summed E-state index contributed by atoms with van der Waals surface area (Å²) in [7, 11) is 1.41. The van der Waals surface area contributed by atoms with Crippen molar-refractivity contribution >= 4 is 17.5 Å². The smallest absolute Gasteiger partial charge is 0.407 e. The van der Waals surface area contributed by atoms with Gasteiger partial charge in [-0.1, -0.05) is 60.4 Å². The first kappa shape index (κ1) is 22.7. The first-order valence-corrected chi connectivity index (χ1v) is 10.7. The highest BCUT2D eigenvalue weighted by Gasteiger charge is 2.28. The maximum absolute atomic E-state index is 12.2. The van der Waals surface area contributed by atoms with Gasteiger partial charge < -0.3 is 20.5 Å². The predicted molar refractivity (Wildman–Crippen MR) is 129 cm³/mol. The molecule has 1 amide bonds. The van der Waals surface area contributed by atoms with Crippen molar-refractivity contribution in [3.05, 3.63) is 87.5 Å². The van der Waals surface area contributed by atoms with E-state index in [4.69, 9.17) is 15.2 Å². The number of fused-ring (bicyclic) bond motifs is 3. The Bertz CT molecular complexity index is 1260. The third-order valence-corrected chi connectivity index (χ3v) is 5.65. The van der Waals surface area contributed by atoms with E-state index in [2.05, 4.69) is 41.4 Å². The Morgan fingerprint density at radius 1 is 1.12 bits per heavy atom. The molecule has 0 radical (unpaired) electrons. The zero-order valence-corrected chi connectivity index (χ0v) is 18.5. The van der Waals surface area contributed by atoms with Gasteiger partial charge in [-0.3, -0.25) is 10.1 Å². The molecule has 0 bridgehead atoms. The standard InChI is InChI=1S/C26H23N3O5/c1-33-18-14-17(25(27)24(15-18)29(31)32)8-6-7-13-28-26(30)34-16-23-21-11-4-2-9-19(21)20-10-3-5-12-22(20)23/h2-5,9-12,14-15,23H,7,13,16,27H2,1H3,(H,28,30). The molecule has 3 N–H and O–H groups in total. The number of nitrogens with zero attached hydrogens (tertiary/aromatic N) is 1. The first-order chi connectivity index (χ1) is 16.5. The van der Waals surface area contributed by atoms with Crippen molar-refractivity contribution in [1.29, 1.82) is 0 Å². The van der Waals surface area contributed by atoms with Crippen LogP contribution in [0.2, 0.25) is 0 Å². The molecule has 3 aromatic carbocycles. The minimum Gasteiger partial charge on any atom is -0.496 e. The summed E-state index contributed by atoms with van der Waals surface area (Å²) in [5, 5.41) is 13.8. The average Bonchev–Trinajstić information content (AvgIpc) is 3.17. The highest BCUT2D eigenvalue weighted by molar-refractivity contribution is 5.79. The Hall–Kier alpha value is -4.51. The summed E-state index contributed by atoms with van der Waals surface area (Å²) in [4.78, 5) is 22.8. The molecule has 0 heterocycles. The maximum atomic E-state index is 12.2. The summed E-state index contributed by atoms with van der Waals surface area (Å²) >= 11 is 0. The minimum atomic E-state index is -0.582. The molecule has 0 aliphatic heterocycles. The number of ether oxygens (including phenoxy) is 2. The van der Waals surface area contributed by atoms with Crippen LogP contribution in [0.1, 0.15) is 29.0 Å². The highest BCUT2D eigenvalue weighted by Crippen LogP contribution is 2.44. The van der Waals surface area contributed by atoms with Crippen LogP contribution >= 0.6 is 0 Å². The molecule has 1 aliphatic rings. The van der Waals surface area contributed by atoms with Gasteiger partial charge in [-0.25, -0.2) is 4.79 Å². The van der Waals surface area contributed by atoms with Crippen LogP contribution in [-0.2, 0) is 4.74 Å². The second kappa shape index (κ2) is 9.96. The molecule has 0 atom stereocenters. The second-order valence-corrected chi connectivity index (χ2v) is 7.67. The van der Waals surface area contributed by atoms with E-state index in [9.17, 15) is 14.9 Å². The zero-order chi connectivity index (χ0) is 24.1. The van der Waals surface area contributed by atoms with Gasteiger partial charge in [0.15, 0.2) is 0 Å². The lowest BCUT2D eigenvalue weighted by Crippen LogP contribution is -2.26. The van der Waals surface area contributed by atoms with E-state index in [0.29, 0.717) is 17.7 Å². The fraction of sp³-hybridized carbons (Fsp3) is 0.192. The summed E-state index contributed by atoms with van der Waals surface area (Å²) in [5.41, 5.74) is 10.5. The normalized spacial score (nSPS) is 11.6. The van der Waals surface area contributed by atoms with Gasteiger partial charge in [0.25, 0.3) is 5.69 Å². The molecule has 0 fully saturated rings. The quantitative estimate of drug-likeness (QED) is 0.186. The lowest BCUT2D eigenvalue weighted by molar-refractivity contribution is -0.384. The van der Waals surface area contributed by atoms with E-state index in [-0.39, 0.29) is 30.4 Å². The molecule has 34 heavy (non-hydrogen) atoms. The van der Waals surface area contributed by atoms with E-state index in [1.807, 2.05) is 24.3 Å². The number of nitrogens with one attached hydrogen (secondary N) is 1. The van der Waals surface area contributed by atoms with Gasteiger partial charge in [-0.05, 0) is 28.3 Å². The molecule has 8 heteroatoms. The van der Waals surface area contributed by atoms with Gasteiger partial charge >= 0.3 is 6.09 Å². The molecule has 0 aromatic heterocycles. The number of methoxy groups -OCH3 is 1. The SMILES string of the molecule is COc1cc(C#CCCNC(=O)OCC2c3ccccc3-c3ccccc32)c(N)c([N+](=O)[O-])c1. The second-order valence-electron chi connectivity index (χ2n) is 7.67. The number of nitro benzene ring substituents is 1. The van der Waals surface area contributed by atoms with Crippen molar-refractivity contribution in [2.24, 2.45) is 0 Å². The number of hydrogen-bond donors (Lipinski definition) is 2. The summed E-state index contributed by atoms with van der Waals surface area (Å²) in [6, 6.07) is 19.0. The van der Waals surface area contributed by atoms with Crippen molar-refractivity contribution in [3.8, 4) is 28.7 Å². The topological polar surface area (TPSA) is 117 Å². The number of alkyl carbamates (subject to hydrolysis) is 1. The number of nitrogen functional groups attached to an aromatic ring is 1. The van der Waals surface area contributed by atoms with Crippen LogP contribution in [0.4, 0.5) is 16.2 Å². The minimum absolute atomic E-state index is 0.00947. The maximum Gasteiger partial charge on any atom is 0.407 e. The molecule has 0 saturated heterocycles. The number of amides is 1. The van der Waals surface area contributed by atoms with Crippen LogP contribution < -0.4 is 15.8 Å². The van der Waals surface area contributed by atoms with Crippen LogP contribution in [0.3, 0.4) is 0 Å². The molecule has 0 unspecified atom stereocenters. The molecule has 0 spiro atoms. The number of rotatable bonds is 6. The van der Waals surface area contributed by atoms with Crippen molar-refractivity contribution in [3.63, 3.8) is 0 Å². The summed E-state index contributed by atoms with van der Waals surface area (Å²) in [6.07, 6.45) is -0.213. The number of hydrogen-bond acceptors (Lipinski definition) is 6. The number of nitro groups is 1. The zero-order valence-electron chi connectivity index (χ0n) is 18.5. The van der Waals surface area contributed by atoms with Gasteiger partial charge in [-0.2, -0.15) is 0 Å². The third kappa shape index (κ3) is 4.64. The van der Waals surface area contributed by atoms with E-state index in [1.54, 1.807) is 0 Å². The number of benzene rings is 3. The van der Waals surface area contributed by atoms with Gasteiger partial charge in [0, 0.05) is 18.9 Å². The predicted octanol–water partition coefficient (Wildman–Crippen LogP) is 4.47. The molecule has 1 aliphatic carbocycles. The first-order valence-electron chi connectivity index (χ1n) is 10.7. The Balaban J connectivity index is 1.32. The van der Waals surface area contributed by atoms with Crippen molar-refractivity contribution in [1.82, 2.24) is 5.32 Å². The van der Waals surface area contributed by atoms with Crippen molar-refractivity contribution in [2.75, 3.05) is 26.0 Å². The van der Waals surface area contributed by atoms with Crippen LogP contribution in [0.15, 0.2) is 60.7 Å². The van der Waals surface area contributed by atoms with E-state index in [0.717, 1.165) is 11.1 Å². The number of anilines is 1. The molecule has 3 aromatic rings. The molecular formula is C26H23N3O5. The fourth-order valence-electron chi connectivity index (χ4n) is 4.02. The van der Waals surface area contributed by atoms with Gasteiger partial charge in [0.05, 0.1) is 23.7 Å². The molecule has 0 saturated carbocycles. The monoisotopic (exact) mass is 457 g/mol. The van der Waals surface area contributed by atoms with E-state index < -0.39 is 11.0 Å². The average molecular weight is 457 g/mol. The number of carbonyl (C=O) groups is 1. The largest absolute Gasteiger partial charge is 0.496 e. The fourth-order valence-corrected chi connectivity index (χ4v) is 4.02.